The van der Waals surface area contributed by atoms with Gasteiger partial charge in [0.2, 0.25) is 11.8 Å². The van der Waals surface area contributed by atoms with E-state index in [0.717, 1.165) is 16.5 Å². The van der Waals surface area contributed by atoms with Crippen molar-refractivity contribution in [3.8, 4) is 17.7 Å². The van der Waals surface area contributed by atoms with Crippen LogP contribution in [0.5, 0.6) is 11.6 Å². The van der Waals surface area contributed by atoms with E-state index in [4.69, 9.17) is 20.2 Å². The fraction of sp³-hybridized carbons (Fsp3) is 0.250. The molecule has 2 aliphatic rings. The average molecular weight is 452 g/mol. The lowest BCUT2D eigenvalue weighted by Gasteiger charge is -2.37. The van der Waals surface area contributed by atoms with Gasteiger partial charge >= 0.3 is 0 Å². The number of rotatable bonds is 3. The van der Waals surface area contributed by atoms with Gasteiger partial charge in [-0.15, -0.1) is 0 Å². The van der Waals surface area contributed by atoms with Crippen LogP contribution < -0.4 is 10.5 Å². The van der Waals surface area contributed by atoms with Gasteiger partial charge in [-0.05, 0) is 36.6 Å². The molecule has 0 fully saturated rings. The molecule has 1 aliphatic carbocycles. The largest absolute Gasteiger partial charge is 0.444 e. The molecule has 1 aromatic heterocycles. The Labute approximate surface area is 198 Å². The molecule has 5 rings (SSSR count). The summed E-state index contributed by atoms with van der Waals surface area (Å²) in [6, 6.07) is 19.4. The van der Waals surface area contributed by atoms with Gasteiger partial charge in [0.05, 0.1) is 11.4 Å². The van der Waals surface area contributed by atoms with Crippen molar-refractivity contribution in [1.29, 1.82) is 5.26 Å². The number of Topliss-reactive ketones (excluding diaryl/α,β-unsaturated/α-hetero) is 1. The van der Waals surface area contributed by atoms with Crippen LogP contribution in [0.4, 0.5) is 0 Å². The minimum absolute atomic E-state index is 0.0196. The molecule has 2 N–H and O–H groups in total. The number of allylic oxidation sites excluding steroid dienone is 3. The average Bonchev–Trinajstić information content (AvgIpc) is 2.78. The van der Waals surface area contributed by atoms with E-state index in [1.165, 1.54) is 0 Å². The Morgan fingerprint density at radius 3 is 2.62 bits per heavy atom. The highest BCUT2D eigenvalue weighted by atomic mass is 16.5. The summed E-state index contributed by atoms with van der Waals surface area (Å²) in [6.07, 6.45) is 0.915. The number of para-hydroxylation sites is 1. The highest BCUT2D eigenvalue weighted by molar-refractivity contribution is 6.00. The van der Waals surface area contributed by atoms with Crippen LogP contribution in [0, 0.1) is 23.7 Å². The maximum absolute atomic E-state index is 13.4. The summed E-state index contributed by atoms with van der Waals surface area (Å²) in [5.41, 5.74) is 9.10. The maximum atomic E-state index is 13.4. The molecule has 1 aliphatic heterocycles. The van der Waals surface area contributed by atoms with Gasteiger partial charge in [-0.2, -0.15) is 5.26 Å². The zero-order valence-electron chi connectivity index (χ0n) is 19.4. The Balaban J connectivity index is 1.74. The monoisotopic (exact) mass is 451 g/mol. The minimum atomic E-state index is -0.713. The van der Waals surface area contributed by atoms with E-state index in [1.807, 2.05) is 75.4 Å². The number of pyridine rings is 1. The molecule has 0 bridgehead atoms. The topological polar surface area (TPSA) is 98.2 Å². The summed E-state index contributed by atoms with van der Waals surface area (Å²) < 4.78 is 12.1. The van der Waals surface area contributed by atoms with Crippen molar-refractivity contribution in [2.45, 2.75) is 39.5 Å². The van der Waals surface area contributed by atoms with Crippen molar-refractivity contribution in [3.05, 3.63) is 88.5 Å². The Morgan fingerprint density at radius 1 is 1.15 bits per heavy atom. The number of hydrogen-bond acceptors (Lipinski definition) is 6. The van der Waals surface area contributed by atoms with E-state index < -0.39 is 5.92 Å². The molecule has 0 saturated carbocycles. The second-order valence-corrected chi connectivity index (χ2v) is 9.69. The Bertz CT molecular complexity index is 1430. The van der Waals surface area contributed by atoms with Crippen LogP contribution in [-0.4, -0.2) is 10.8 Å². The van der Waals surface area contributed by atoms with Gasteiger partial charge in [-0.3, -0.25) is 4.79 Å². The summed E-state index contributed by atoms with van der Waals surface area (Å²) >= 11 is 0. The maximum Gasteiger partial charge on any atom is 0.224 e. The summed E-state index contributed by atoms with van der Waals surface area (Å²) in [4.78, 5) is 18.2. The molecule has 1 atom stereocenters. The molecule has 6 heteroatoms. The fourth-order valence-electron chi connectivity index (χ4n) is 4.72. The van der Waals surface area contributed by atoms with E-state index in [1.54, 1.807) is 0 Å². The highest BCUT2D eigenvalue weighted by Gasteiger charge is 2.44. The number of ketones is 1. The number of carbonyl (C=O) groups excluding carboxylic acids is 1. The first-order chi connectivity index (χ1) is 16.3. The lowest BCUT2D eigenvalue weighted by atomic mass is 9.70. The predicted octanol–water partition coefficient (Wildman–Crippen LogP) is 5.79. The number of carbonyl (C=O) groups is 1. The van der Waals surface area contributed by atoms with Crippen LogP contribution in [-0.2, 0) is 9.53 Å². The van der Waals surface area contributed by atoms with Crippen molar-refractivity contribution in [2.24, 2.45) is 11.1 Å². The van der Waals surface area contributed by atoms with Crippen LogP contribution in [0.1, 0.15) is 43.7 Å². The first kappa shape index (κ1) is 21.7. The third-order valence-corrected chi connectivity index (χ3v) is 6.34. The van der Waals surface area contributed by atoms with Gasteiger partial charge in [-0.1, -0.05) is 49.7 Å². The summed E-state index contributed by atoms with van der Waals surface area (Å²) in [6.45, 7) is 6.05. The van der Waals surface area contributed by atoms with E-state index in [2.05, 4.69) is 6.07 Å². The molecule has 0 amide bonds. The zero-order valence-corrected chi connectivity index (χ0v) is 19.4. The van der Waals surface area contributed by atoms with Crippen molar-refractivity contribution >= 4 is 16.7 Å². The van der Waals surface area contributed by atoms with Gasteiger partial charge in [0.1, 0.15) is 23.2 Å². The molecule has 6 nitrogen and oxygen atoms in total. The van der Waals surface area contributed by atoms with Crippen LogP contribution in [0.2, 0.25) is 0 Å². The number of aryl methyl sites for hydroxylation is 1. The lowest BCUT2D eigenvalue weighted by molar-refractivity contribution is -0.119. The Kier molecular flexibility index (Phi) is 5.13. The molecule has 2 aromatic carbocycles. The molecule has 1 unspecified atom stereocenters. The van der Waals surface area contributed by atoms with Crippen molar-refractivity contribution in [1.82, 2.24) is 4.98 Å². The third kappa shape index (κ3) is 3.80. The van der Waals surface area contributed by atoms with E-state index in [0.29, 0.717) is 41.4 Å². The van der Waals surface area contributed by atoms with Crippen molar-refractivity contribution < 1.29 is 14.3 Å². The molecular weight excluding hydrogens is 426 g/mol. The van der Waals surface area contributed by atoms with Crippen LogP contribution in [0.25, 0.3) is 10.9 Å². The van der Waals surface area contributed by atoms with Gasteiger partial charge < -0.3 is 15.2 Å². The van der Waals surface area contributed by atoms with Crippen LogP contribution in [0.3, 0.4) is 0 Å². The smallest absolute Gasteiger partial charge is 0.224 e. The lowest BCUT2D eigenvalue weighted by Crippen LogP contribution is -2.33. The van der Waals surface area contributed by atoms with Gasteiger partial charge in [0.15, 0.2) is 5.78 Å². The predicted molar refractivity (Wildman–Crippen MR) is 129 cm³/mol. The number of benzene rings is 2. The molecule has 2 heterocycles. The van der Waals surface area contributed by atoms with Crippen molar-refractivity contribution in [2.75, 3.05) is 0 Å². The molecule has 3 aromatic rings. The Hall–Kier alpha value is -4.11. The highest BCUT2D eigenvalue weighted by Crippen LogP contribution is 2.50. The van der Waals surface area contributed by atoms with Gasteiger partial charge in [-0.25, -0.2) is 4.98 Å². The first-order valence-electron chi connectivity index (χ1n) is 11.2. The Morgan fingerprint density at radius 2 is 1.88 bits per heavy atom. The number of nitrogens with two attached hydrogens (primary N) is 1. The quantitative estimate of drug-likeness (QED) is 0.541. The first-order valence-corrected chi connectivity index (χ1v) is 11.2. The summed E-state index contributed by atoms with van der Waals surface area (Å²) in [5.74, 6) is 0.728. The number of nitrogens with zero attached hydrogens (tertiary/aromatic N) is 2. The van der Waals surface area contributed by atoms with Crippen molar-refractivity contribution in [3.63, 3.8) is 0 Å². The molecule has 34 heavy (non-hydrogen) atoms. The van der Waals surface area contributed by atoms with E-state index in [9.17, 15) is 10.1 Å². The minimum Gasteiger partial charge on any atom is -0.444 e. The SMILES string of the molecule is Cc1ccc(Oc2nc3ccccc3cc2C2C(C#N)=C(N)OC3=C2C(=O)CC(C)(C)C3)cc1. The van der Waals surface area contributed by atoms with Gasteiger partial charge in [0, 0.05) is 29.4 Å². The van der Waals surface area contributed by atoms with E-state index in [-0.39, 0.29) is 22.7 Å². The normalized spacial score (nSPS) is 19.5. The second kappa shape index (κ2) is 8.03. The number of aromatic nitrogens is 1. The fourth-order valence-corrected chi connectivity index (χ4v) is 4.72. The number of hydrogen-bond donors (Lipinski definition) is 1. The van der Waals surface area contributed by atoms with Crippen LogP contribution >= 0.6 is 0 Å². The number of fused-ring (bicyclic) bond motifs is 1. The number of nitriles is 1. The molecule has 0 radical (unpaired) electrons. The molecule has 0 saturated heterocycles. The zero-order chi connectivity index (χ0) is 24.0. The molecular formula is C28H25N3O3. The summed E-state index contributed by atoms with van der Waals surface area (Å²) in [7, 11) is 0. The third-order valence-electron chi connectivity index (χ3n) is 6.34. The molecule has 170 valence electrons. The van der Waals surface area contributed by atoms with E-state index >= 15 is 0 Å². The molecule has 0 spiro atoms. The summed E-state index contributed by atoms with van der Waals surface area (Å²) in [5, 5.41) is 10.9. The second-order valence-electron chi connectivity index (χ2n) is 9.69. The van der Waals surface area contributed by atoms with Gasteiger partial charge in [0.25, 0.3) is 0 Å². The standard InChI is InChI=1S/C28H25N3O3/c1-16-8-10-18(11-9-16)33-27-19(12-17-6-4-5-7-21(17)31-27)24-20(15-29)26(30)34-23-14-28(2,3)13-22(32)25(23)24/h4-12,24H,13-14,30H2,1-3H3. The van der Waals surface area contributed by atoms with Crippen LogP contribution in [0.15, 0.2) is 77.4 Å². The number of ether oxygens (including phenoxy) is 2.